The molecule has 0 bridgehead atoms. The van der Waals surface area contributed by atoms with Crippen molar-refractivity contribution in [1.82, 2.24) is 10.2 Å². The fraction of sp³-hybridized carbons (Fsp3) is 0.429. The third-order valence-electron chi connectivity index (χ3n) is 2.79. The van der Waals surface area contributed by atoms with Crippen molar-refractivity contribution in [3.8, 4) is 5.75 Å². The van der Waals surface area contributed by atoms with Crippen LogP contribution in [0.1, 0.15) is 5.56 Å². The zero-order valence-corrected chi connectivity index (χ0v) is 12.2. The van der Waals surface area contributed by atoms with Gasteiger partial charge >= 0.3 is 12.0 Å². The molecule has 0 aliphatic carbocycles. The molecule has 0 saturated carbocycles. The van der Waals surface area contributed by atoms with E-state index in [1.165, 1.54) is 12.0 Å². The van der Waals surface area contributed by atoms with E-state index in [1.54, 1.807) is 33.3 Å². The highest BCUT2D eigenvalue weighted by Gasteiger charge is 2.22. The number of nitrogens with one attached hydrogen (secondary N) is 1. The Kier molecular flexibility index (Phi) is 5.83. The molecule has 2 amide bonds. The number of urea groups is 1. The van der Waals surface area contributed by atoms with Gasteiger partial charge < -0.3 is 19.7 Å². The van der Waals surface area contributed by atoms with Crippen LogP contribution in [0.5, 0.6) is 5.75 Å². The zero-order valence-electron chi connectivity index (χ0n) is 12.2. The molecule has 0 aromatic heterocycles. The molecular formula is C14H20N2O4. The van der Waals surface area contributed by atoms with Gasteiger partial charge in [0.25, 0.3) is 0 Å². The quantitative estimate of drug-likeness (QED) is 0.819. The van der Waals surface area contributed by atoms with Crippen LogP contribution in [0, 0.1) is 0 Å². The number of carbonyl (C=O) groups excluding carboxylic acids is 2. The Morgan fingerprint density at radius 3 is 2.25 bits per heavy atom. The lowest BCUT2D eigenvalue weighted by Crippen LogP contribution is -2.47. The molecule has 0 unspecified atom stereocenters. The zero-order chi connectivity index (χ0) is 15.1. The lowest BCUT2D eigenvalue weighted by Gasteiger charge is -2.19. The predicted molar refractivity (Wildman–Crippen MR) is 74.7 cm³/mol. The molecule has 1 atom stereocenters. The van der Waals surface area contributed by atoms with Crippen LogP contribution < -0.4 is 10.1 Å². The molecule has 0 aliphatic rings. The maximum atomic E-state index is 11.7. The largest absolute Gasteiger partial charge is 0.497 e. The highest BCUT2D eigenvalue weighted by Crippen LogP contribution is 2.13. The first-order valence-electron chi connectivity index (χ1n) is 6.16. The van der Waals surface area contributed by atoms with Gasteiger partial charge in [0.05, 0.1) is 14.2 Å². The minimum absolute atomic E-state index is 0.339. The van der Waals surface area contributed by atoms with Gasteiger partial charge in [-0.2, -0.15) is 0 Å². The molecule has 0 spiro atoms. The summed E-state index contributed by atoms with van der Waals surface area (Å²) >= 11 is 0. The van der Waals surface area contributed by atoms with Crippen LogP contribution in [0.4, 0.5) is 4.79 Å². The molecular weight excluding hydrogens is 260 g/mol. The molecule has 0 radical (unpaired) electrons. The summed E-state index contributed by atoms with van der Waals surface area (Å²) in [4.78, 5) is 24.7. The minimum atomic E-state index is -0.719. The van der Waals surface area contributed by atoms with Crippen LogP contribution in [0.15, 0.2) is 24.3 Å². The van der Waals surface area contributed by atoms with Crippen LogP contribution in [0.25, 0.3) is 0 Å². The lowest BCUT2D eigenvalue weighted by molar-refractivity contribution is -0.142. The van der Waals surface area contributed by atoms with Gasteiger partial charge in [-0.15, -0.1) is 0 Å². The van der Waals surface area contributed by atoms with Crippen LogP contribution in [-0.2, 0) is 16.0 Å². The molecule has 0 fully saturated rings. The number of hydrogen-bond donors (Lipinski definition) is 1. The van der Waals surface area contributed by atoms with Crippen molar-refractivity contribution in [2.45, 2.75) is 12.5 Å². The van der Waals surface area contributed by atoms with Crippen molar-refractivity contribution < 1.29 is 19.1 Å². The normalized spacial score (nSPS) is 11.4. The van der Waals surface area contributed by atoms with E-state index in [-0.39, 0.29) is 6.03 Å². The predicted octanol–water partition coefficient (Wildman–Crippen LogP) is 1.05. The van der Waals surface area contributed by atoms with E-state index in [0.29, 0.717) is 6.42 Å². The van der Waals surface area contributed by atoms with Crippen molar-refractivity contribution in [3.05, 3.63) is 29.8 Å². The number of hydrogen-bond acceptors (Lipinski definition) is 4. The molecule has 110 valence electrons. The van der Waals surface area contributed by atoms with E-state index in [9.17, 15) is 9.59 Å². The van der Waals surface area contributed by atoms with Gasteiger partial charge in [-0.1, -0.05) is 12.1 Å². The number of amides is 2. The van der Waals surface area contributed by atoms with Crippen LogP contribution in [0.3, 0.4) is 0 Å². The highest BCUT2D eigenvalue weighted by molar-refractivity contribution is 5.83. The van der Waals surface area contributed by atoms with Crippen LogP contribution >= 0.6 is 0 Å². The number of rotatable bonds is 5. The van der Waals surface area contributed by atoms with Crippen molar-refractivity contribution in [2.75, 3.05) is 28.3 Å². The summed E-state index contributed by atoms with van der Waals surface area (Å²) in [6.07, 6.45) is 0.357. The van der Waals surface area contributed by atoms with Crippen LogP contribution in [-0.4, -0.2) is 51.3 Å². The molecule has 20 heavy (non-hydrogen) atoms. The first kappa shape index (κ1) is 15.8. The van der Waals surface area contributed by atoms with Gasteiger partial charge in [-0.3, -0.25) is 0 Å². The Bertz CT molecular complexity index is 457. The maximum Gasteiger partial charge on any atom is 0.328 e. The number of nitrogens with zero attached hydrogens (tertiary/aromatic N) is 1. The van der Waals surface area contributed by atoms with Gasteiger partial charge in [-0.25, -0.2) is 9.59 Å². The molecule has 6 heteroatoms. The van der Waals surface area contributed by atoms with E-state index >= 15 is 0 Å². The maximum absolute atomic E-state index is 11.7. The monoisotopic (exact) mass is 280 g/mol. The summed E-state index contributed by atoms with van der Waals surface area (Å²) in [7, 11) is 6.10. The average molecular weight is 280 g/mol. The number of benzene rings is 1. The van der Waals surface area contributed by atoms with Gasteiger partial charge in [0.1, 0.15) is 11.8 Å². The molecule has 1 aromatic carbocycles. The van der Waals surface area contributed by atoms with E-state index in [2.05, 4.69) is 5.32 Å². The van der Waals surface area contributed by atoms with Gasteiger partial charge in [0.2, 0.25) is 0 Å². The number of ether oxygens (including phenoxy) is 2. The summed E-state index contributed by atoms with van der Waals surface area (Å²) < 4.78 is 9.78. The number of methoxy groups -OCH3 is 2. The second-order valence-electron chi connectivity index (χ2n) is 4.47. The Morgan fingerprint density at radius 1 is 1.20 bits per heavy atom. The Morgan fingerprint density at radius 2 is 1.80 bits per heavy atom. The fourth-order valence-corrected chi connectivity index (χ4v) is 1.61. The Balaban J connectivity index is 2.78. The molecule has 6 nitrogen and oxygen atoms in total. The third kappa shape index (κ3) is 4.46. The summed E-state index contributed by atoms with van der Waals surface area (Å²) in [6.45, 7) is 0. The smallest absolute Gasteiger partial charge is 0.328 e. The summed E-state index contributed by atoms with van der Waals surface area (Å²) in [5, 5.41) is 2.63. The molecule has 0 saturated heterocycles. The molecule has 1 N–H and O–H groups in total. The summed E-state index contributed by atoms with van der Waals surface area (Å²) in [5.74, 6) is 0.261. The number of esters is 1. The Labute approximate surface area is 118 Å². The SMILES string of the molecule is COC(=O)[C@H](Cc1ccc(OC)cc1)NC(=O)N(C)C. The minimum Gasteiger partial charge on any atom is -0.497 e. The summed E-state index contributed by atoms with van der Waals surface area (Å²) in [6, 6.07) is 6.24. The van der Waals surface area contributed by atoms with Crippen molar-refractivity contribution >= 4 is 12.0 Å². The second-order valence-corrected chi connectivity index (χ2v) is 4.47. The fourth-order valence-electron chi connectivity index (χ4n) is 1.61. The standard InChI is InChI=1S/C14H20N2O4/c1-16(2)14(18)15-12(13(17)20-4)9-10-5-7-11(19-3)8-6-10/h5-8,12H,9H2,1-4H3,(H,15,18)/t12-/m0/s1. The summed E-state index contributed by atoms with van der Waals surface area (Å²) in [5.41, 5.74) is 0.903. The van der Waals surface area contributed by atoms with Crippen LogP contribution in [0.2, 0.25) is 0 Å². The van der Waals surface area contributed by atoms with E-state index < -0.39 is 12.0 Å². The average Bonchev–Trinajstić information content (AvgIpc) is 2.46. The molecule has 1 rings (SSSR count). The van der Waals surface area contributed by atoms with E-state index in [0.717, 1.165) is 11.3 Å². The second kappa shape index (κ2) is 7.37. The van der Waals surface area contributed by atoms with E-state index in [1.807, 2.05) is 12.1 Å². The van der Waals surface area contributed by atoms with Gasteiger partial charge in [-0.05, 0) is 17.7 Å². The van der Waals surface area contributed by atoms with Crippen molar-refractivity contribution in [3.63, 3.8) is 0 Å². The first-order valence-corrected chi connectivity index (χ1v) is 6.16. The van der Waals surface area contributed by atoms with Gasteiger partial charge in [0.15, 0.2) is 0 Å². The molecule has 0 aliphatic heterocycles. The van der Waals surface area contributed by atoms with E-state index in [4.69, 9.17) is 9.47 Å². The highest BCUT2D eigenvalue weighted by atomic mass is 16.5. The molecule has 0 heterocycles. The first-order chi connectivity index (χ1) is 9.47. The lowest BCUT2D eigenvalue weighted by atomic mass is 10.1. The topological polar surface area (TPSA) is 67.9 Å². The third-order valence-corrected chi connectivity index (χ3v) is 2.79. The van der Waals surface area contributed by atoms with Crippen molar-refractivity contribution in [2.24, 2.45) is 0 Å². The van der Waals surface area contributed by atoms with Crippen molar-refractivity contribution in [1.29, 1.82) is 0 Å². The number of carbonyl (C=O) groups is 2. The Hall–Kier alpha value is -2.24. The van der Waals surface area contributed by atoms with Gasteiger partial charge in [0, 0.05) is 20.5 Å². The molecule has 1 aromatic rings.